The molecule has 0 bridgehead atoms. The van der Waals surface area contributed by atoms with Gasteiger partial charge in [0, 0.05) is 18.0 Å². The van der Waals surface area contributed by atoms with E-state index in [1.165, 1.54) is 5.56 Å². The van der Waals surface area contributed by atoms with E-state index >= 15 is 0 Å². The van der Waals surface area contributed by atoms with Crippen molar-refractivity contribution in [2.45, 2.75) is 24.3 Å². The standard InChI is InChI=1S/C32H31NO4S/c1-37-30-21-26(38-2)18-19-29(30)31(34)33(20-8-11-23-9-4-3-5-10-23)22-24-14-16-25(17-15-24)27-12-6-7-13-28(27)32(35)36/h3-7,9-10,12-19,21H,8,11,20,22H2,1-2H3,(H,35,36). The van der Waals surface area contributed by atoms with Crippen molar-refractivity contribution < 1.29 is 19.4 Å². The lowest BCUT2D eigenvalue weighted by Crippen LogP contribution is -2.32. The van der Waals surface area contributed by atoms with Crippen LogP contribution in [0, 0.1) is 0 Å². The van der Waals surface area contributed by atoms with Crippen LogP contribution in [0.1, 0.15) is 38.3 Å². The average molecular weight is 526 g/mol. The maximum Gasteiger partial charge on any atom is 0.336 e. The van der Waals surface area contributed by atoms with Gasteiger partial charge in [-0.05, 0) is 65.6 Å². The van der Waals surface area contributed by atoms with Crippen LogP contribution in [0.2, 0.25) is 0 Å². The van der Waals surface area contributed by atoms with Gasteiger partial charge in [0.2, 0.25) is 0 Å². The van der Waals surface area contributed by atoms with Gasteiger partial charge in [0.05, 0.1) is 18.2 Å². The number of nitrogens with zero attached hydrogens (tertiary/aromatic N) is 1. The smallest absolute Gasteiger partial charge is 0.336 e. The second-order valence-electron chi connectivity index (χ2n) is 8.93. The highest BCUT2D eigenvalue weighted by atomic mass is 32.2. The number of methoxy groups -OCH3 is 1. The predicted octanol–water partition coefficient (Wildman–Crippen LogP) is 7.06. The normalized spacial score (nSPS) is 10.7. The minimum atomic E-state index is -0.957. The van der Waals surface area contributed by atoms with Crippen molar-refractivity contribution in [3.8, 4) is 16.9 Å². The van der Waals surface area contributed by atoms with Crippen molar-refractivity contribution in [3.63, 3.8) is 0 Å². The van der Waals surface area contributed by atoms with Crippen molar-refractivity contribution in [1.82, 2.24) is 4.90 Å². The highest BCUT2D eigenvalue weighted by Crippen LogP contribution is 2.28. The number of benzene rings is 4. The molecule has 6 heteroatoms. The van der Waals surface area contributed by atoms with Crippen molar-refractivity contribution in [2.75, 3.05) is 19.9 Å². The fraction of sp³-hybridized carbons (Fsp3) is 0.188. The Morgan fingerprint density at radius 2 is 1.55 bits per heavy atom. The molecular weight excluding hydrogens is 494 g/mol. The summed E-state index contributed by atoms with van der Waals surface area (Å²) >= 11 is 1.60. The number of carboxylic acids is 1. The first-order chi connectivity index (χ1) is 18.5. The number of thioether (sulfide) groups is 1. The number of amides is 1. The molecule has 0 saturated heterocycles. The number of rotatable bonds is 11. The van der Waals surface area contributed by atoms with Gasteiger partial charge < -0.3 is 14.7 Å². The molecule has 0 atom stereocenters. The Balaban J connectivity index is 1.57. The largest absolute Gasteiger partial charge is 0.496 e. The molecule has 4 rings (SSSR count). The van der Waals surface area contributed by atoms with Crippen LogP contribution in [0.25, 0.3) is 11.1 Å². The van der Waals surface area contributed by atoms with E-state index < -0.39 is 5.97 Å². The first-order valence-electron chi connectivity index (χ1n) is 12.5. The van der Waals surface area contributed by atoms with E-state index in [0.29, 0.717) is 30.0 Å². The van der Waals surface area contributed by atoms with Crippen molar-refractivity contribution in [2.24, 2.45) is 0 Å². The predicted molar refractivity (Wildman–Crippen MR) is 153 cm³/mol. The van der Waals surface area contributed by atoms with E-state index in [1.54, 1.807) is 31.0 Å². The molecule has 0 spiro atoms. The molecule has 1 N–H and O–H groups in total. The van der Waals surface area contributed by atoms with Crippen LogP contribution < -0.4 is 4.74 Å². The molecule has 194 valence electrons. The van der Waals surface area contributed by atoms with Gasteiger partial charge in [-0.25, -0.2) is 4.79 Å². The fourth-order valence-corrected chi connectivity index (χ4v) is 4.88. The lowest BCUT2D eigenvalue weighted by atomic mass is 9.98. The van der Waals surface area contributed by atoms with Crippen LogP contribution in [-0.2, 0) is 13.0 Å². The third-order valence-corrected chi connectivity index (χ3v) is 7.18. The number of aromatic carboxylic acids is 1. The van der Waals surface area contributed by atoms with Gasteiger partial charge in [-0.3, -0.25) is 4.79 Å². The van der Waals surface area contributed by atoms with Gasteiger partial charge >= 0.3 is 5.97 Å². The molecule has 0 fully saturated rings. The Bertz CT molecular complexity index is 1390. The average Bonchev–Trinajstić information content (AvgIpc) is 2.96. The Labute approximate surface area is 228 Å². The zero-order valence-corrected chi connectivity index (χ0v) is 22.4. The fourth-order valence-electron chi connectivity index (χ4n) is 4.45. The molecule has 4 aromatic rings. The van der Waals surface area contributed by atoms with E-state index in [1.807, 2.05) is 84.0 Å². The Kier molecular flexibility index (Phi) is 9.22. The van der Waals surface area contributed by atoms with Gasteiger partial charge in [-0.1, -0.05) is 72.8 Å². The summed E-state index contributed by atoms with van der Waals surface area (Å²) in [6.07, 6.45) is 3.69. The summed E-state index contributed by atoms with van der Waals surface area (Å²) in [4.78, 5) is 28.3. The minimum Gasteiger partial charge on any atom is -0.496 e. The molecule has 0 aromatic heterocycles. The second kappa shape index (κ2) is 13.0. The van der Waals surface area contributed by atoms with Crippen LogP contribution in [0.15, 0.2) is 102 Å². The van der Waals surface area contributed by atoms with E-state index in [2.05, 4.69) is 12.1 Å². The molecular formula is C32H31NO4S. The summed E-state index contributed by atoms with van der Waals surface area (Å²) in [6, 6.07) is 30.6. The van der Waals surface area contributed by atoms with Gasteiger partial charge in [0.25, 0.3) is 5.91 Å². The summed E-state index contributed by atoms with van der Waals surface area (Å²) in [5.74, 6) is -0.472. The first kappa shape index (κ1) is 27.0. The number of aryl methyl sites for hydroxylation is 1. The molecule has 4 aromatic carbocycles. The number of hydrogen-bond acceptors (Lipinski definition) is 4. The van der Waals surface area contributed by atoms with Gasteiger partial charge in [0.1, 0.15) is 5.75 Å². The molecule has 1 amide bonds. The molecule has 0 aliphatic heterocycles. The molecule has 0 heterocycles. The molecule has 0 radical (unpaired) electrons. The SMILES string of the molecule is COc1cc(SC)ccc1C(=O)N(CCCc1ccccc1)Cc1ccc(-c2ccccc2C(=O)O)cc1. The van der Waals surface area contributed by atoms with Gasteiger partial charge in [-0.15, -0.1) is 11.8 Å². The lowest BCUT2D eigenvalue weighted by molar-refractivity contribution is 0.0695. The van der Waals surface area contributed by atoms with E-state index in [0.717, 1.165) is 28.9 Å². The van der Waals surface area contributed by atoms with Gasteiger partial charge in [0.15, 0.2) is 0 Å². The molecule has 0 saturated carbocycles. The molecule has 5 nitrogen and oxygen atoms in total. The van der Waals surface area contributed by atoms with Crippen LogP contribution >= 0.6 is 11.8 Å². The number of carboxylic acid groups (broad SMARTS) is 1. The second-order valence-corrected chi connectivity index (χ2v) is 9.81. The summed E-state index contributed by atoms with van der Waals surface area (Å²) in [7, 11) is 1.59. The third kappa shape index (κ3) is 6.64. The molecule has 0 unspecified atom stereocenters. The Morgan fingerprint density at radius 3 is 2.24 bits per heavy atom. The maximum absolute atomic E-state index is 13.8. The number of carbonyl (C=O) groups is 2. The molecule has 0 aliphatic carbocycles. The summed E-state index contributed by atoms with van der Waals surface area (Å²) in [5.41, 5.74) is 4.50. The highest BCUT2D eigenvalue weighted by molar-refractivity contribution is 7.98. The number of hydrogen-bond donors (Lipinski definition) is 1. The molecule has 0 aliphatic rings. The summed E-state index contributed by atoms with van der Waals surface area (Å²) in [5, 5.41) is 9.55. The van der Waals surface area contributed by atoms with Crippen LogP contribution in [0.4, 0.5) is 0 Å². The summed E-state index contributed by atoms with van der Waals surface area (Å²) in [6.45, 7) is 1.02. The lowest BCUT2D eigenvalue weighted by Gasteiger charge is -2.24. The van der Waals surface area contributed by atoms with E-state index in [4.69, 9.17) is 4.74 Å². The highest BCUT2D eigenvalue weighted by Gasteiger charge is 2.21. The van der Waals surface area contributed by atoms with Crippen molar-refractivity contribution in [3.05, 3.63) is 119 Å². The van der Waals surface area contributed by atoms with Crippen molar-refractivity contribution >= 4 is 23.6 Å². The third-order valence-electron chi connectivity index (χ3n) is 6.46. The van der Waals surface area contributed by atoms with Crippen molar-refractivity contribution in [1.29, 1.82) is 0 Å². The zero-order valence-electron chi connectivity index (χ0n) is 21.6. The zero-order chi connectivity index (χ0) is 26.9. The van der Waals surface area contributed by atoms with Crippen LogP contribution in [-0.4, -0.2) is 41.8 Å². The number of carbonyl (C=O) groups excluding carboxylic acids is 1. The Morgan fingerprint density at radius 1 is 0.842 bits per heavy atom. The topological polar surface area (TPSA) is 66.8 Å². The quantitative estimate of drug-likeness (QED) is 0.212. The van der Waals surface area contributed by atoms with Gasteiger partial charge in [-0.2, -0.15) is 0 Å². The van der Waals surface area contributed by atoms with Crippen LogP contribution in [0.3, 0.4) is 0 Å². The minimum absolute atomic E-state index is 0.0807. The Hall–Kier alpha value is -4.03. The maximum atomic E-state index is 13.8. The van der Waals surface area contributed by atoms with E-state index in [9.17, 15) is 14.7 Å². The monoisotopic (exact) mass is 525 g/mol. The first-order valence-corrected chi connectivity index (χ1v) is 13.7. The van der Waals surface area contributed by atoms with E-state index in [-0.39, 0.29) is 11.5 Å². The summed E-state index contributed by atoms with van der Waals surface area (Å²) < 4.78 is 5.57. The van der Waals surface area contributed by atoms with Crippen LogP contribution in [0.5, 0.6) is 5.75 Å². The number of ether oxygens (including phenoxy) is 1. The molecule has 38 heavy (non-hydrogen) atoms.